The molecular weight excluding hydrogens is 458 g/mol. The second kappa shape index (κ2) is 9.99. The van der Waals surface area contributed by atoms with Crippen molar-refractivity contribution in [3.05, 3.63) is 114 Å². The smallest absolute Gasteiger partial charge is 0.278 e. The van der Waals surface area contributed by atoms with Crippen molar-refractivity contribution < 1.29 is 9.00 Å². The summed E-state index contributed by atoms with van der Waals surface area (Å²) < 4.78 is 14.3. The van der Waals surface area contributed by atoms with Gasteiger partial charge in [0.1, 0.15) is 0 Å². The molecule has 2 aromatic heterocycles. The first kappa shape index (κ1) is 22.6. The number of hydrogen-bond acceptors (Lipinski definition) is 5. The number of fused-ring (bicyclic) bond motifs is 1. The van der Waals surface area contributed by atoms with Gasteiger partial charge in [-0.3, -0.25) is 14.0 Å². The van der Waals surface area contributed by atoms with Crippen LogP contribution in [0.2, 0.25) is 0 Å². The maximum absolute atomic E-state index is 13.0. The Morgan fingerprint density at radius 2 is 1.71 bits per heavy atom. The van der Waals surface area contributed by atoms with Gasteiger partial charge in [0, 0.05) is 51.2 Å². The van der Waals surface area contributed by atoms with Gasteiger partial charge in [0.05, 0.1) is 11.4 Å². The number of nitrogens with one attached hydrogen (secondary N) is 1. The number of anilines is 1. The molecule has 8 heteroatoms. The minimum Gasteiger partial charge on any atom is -0.321 e. The van der Waals surface area contributed by atoms with E-state index in [1.807, 2.05) is 79.7 Å². The molecule has 0 saturated heterocycles. The second-order valence-corrected chi connectivity index (χ2v) is 9.63. The van der Waals surface area contributed by atoms with Gasteiger partial charge >= 0.3 is 0 Å². The van der Waals surface area contributed by atoms with Crippen molar-refractivity contribution in [3.63, 3.8) is 0 Å². The van der Waals surface area contributed by atoms with E-state index in [1.54, 1.807) is 23.1 Å². The van der Waals surface area contributed by atoms with E-state index in [0.29, 0.717) is 22.9 Å². The number of amides is 1. The van der Waals surface area contributed by atoms with Crippen LogP contribution in [-0.4, -0.2) is 30.1 Å². The fraction of sp³-hybridized carbons (Fsp3) is 0.111. The lowest BCUT2D eigenvalue weighted by Gasteiger charge is -2.09. The third-order valence-corrected chi connectivity index (χ3v) is 6.99. The van der Waals surface area contributed by atoms with E-state index in [9.17, 15) is 9.00 Å². The zero-order valence-electron chi connectivity index (χ0n) is 19.1. The van der Waals surface area contributed by atoms with E-state index in [4.69, 9.17) is 0 Å². The van der Waals surface area contributed by atoms with Gasteiger partial charge in [-0.2, -0.15) is 0 Å². The monoisotopic (exact) mass is 481 g/mol. The number of nitrogens with zero attached hydrogens (tertiary/aromatic N) is 4. The predicted molar refractivity (Wildman–Crippen MR) is 138 cm³/mol. The summed E-state index contributed by atoms with van der Waals surface area (Å²) in [6.45, 7) is 1.82. The minimum atomic E-state index is -1.05. The molecule has 1 unspecified atom stereocenters. The van der Waals surface area contributed by atoms with Crippen LogP contribution < -0.4 is 5.32 Å². The second-order valence-electron chi connectivity index (χ2n) is 8.18. The van der Waals surface area contributed by atoms with Gasteiger partial charge < -0.3 is 5.32 Å². The number of pyridine rings is 1. The lowest BCUT2D eigenvalue weighted by Crippen LogP contribution is -2.14. The van der Waals surface area contributed by atoms with Crippen LogP contribution in [0.3, 0.4) is 0 Å². The highest BCUT2D eigenvalue weighted by molar-refractivity contribution is 7.83. The highest BCUT2D eigenvalue weighted by Crippen LogP contribution is 2.23. The normalized spacial score (nSPS) is 11.9. The van der Waals surface area contributed by atoms with Crippen molar-refractivity contribution >= 4 is 33.2 Å². The van der Waals surface area contributed by atoms with Crippen LogP contribution in [0.15, 0.2) is 91.3 Å². The van der Waals surface area contributed by atoms with Crippen LogP contribution in [0.4, 0.5) is 5.69 Å². The van der Waals surface area contributed by atoms with Crippen LogP contribution in [0.5, 0.6) is 0 Å². The predicted octanol–water partition coefficient (Wildman–Crippen LogP) is 4.83. The van der Waals surface area contributed by atoms with E-state index in [0.717, 1.165) is 27.6 Å². The van der Waals surface area contributed by atoms with E-state index in [2.05, 4.69) is 20.6 Å². The van der Waals surface area contributed by atoms with Crippen molar-refractivity contribution in [2.75, 3.05) is 5.32 Å². The quantitative estimate of drug-likeness (QED) is 0.360. The standard InChI is InChI=1S/C27H23N5O2S/c1-19-26(30-31-32(19)25-12-6-10-22-16-28-14-13-24(22)25)27(33)29-23-11-5-9-21(15-23)18-35(34)17-20-7-3-2-4-8-20/h2-16H,17-18H2,1H3,(H,29,33). The van der Waals surface area contributed by atoms with Gasteiger partial charge in [0.25, 0.3) is 5.91 Å². The molecule has 0 spiro atoms. The average Bonchev–Trinajstić information content (AvgIpc) is 3.25. The van der Waals surface area contributed by atoms with Crippen LogP contribution in [0, 0.1) is 6.92 Å². The molecular formula is C27H23N5O2S. The summed E-state index contributed by atoms with van der Waals surface area (Å²) in [6, 6.07) is 24.9. The third kappa shape index (κ3) is 5.02. The number of benzene rings is 3. The molecule has 1 N–H and O–H groups in total. The largest absolute Gasteiger partial charge is 0.321 e. The van der Waals surface area contributed by atoms with Crippen molar-refractivity contribution in [2.45, 2.75) is 18.4 Å². The van der Waals surface area contributed by atoms with Crippen LogP contribution in [-0.2, 0) is 22.3 Å². The zero-order chi connectivity index (χ0) is 24.2. The summed E-state index contributed by atoms with van der Waals surface area (Å²) in [4.78, 5) is 17.2. The molecule has 5 aromatic rings. The summed E-state index contributed by atoms with van der Waals surface area (Å²) in [5.74, 6) is 0.548. The Bertz CT molecular complexity index is 1530. The Hall–Kier alpha value is -4.17. The van der Waals surface area contributed by atoms with Crippen LogP contribution in [0.1, 0.15) is 27.3 Å². The first-order chi connectivity index (χ1) is 17.1. The molecule has 3 aromatic carbocycles. The molecule has 5 rings (SSSR count). The minimum absolute atomic E-state index is 0.245. The molecule has 0 aliphatic carbocycles. The van der Waals surface area contributed by atoms with Gasteiger partial charge in [-0.15, -0.1) is 5.10 Å². The Kier molecular flexibility index (Phi) is 6.45. The van der Waals surface area contributed by atoms with E-state index in [1.165, 1.54) is 0 Å². The molecule has 35 heavy (non-hydrogen) atoms. The molecule has 1 amide bonds. The maximum atomic E-state index is 13.0. The van der Waals surface area contributed by atoms with Crippen LogP contribution >= 0.6 is 0 Å². The Labute approximate surface area is 205 Å². The fourth-order valence-corrected chi connectivity index (χ4v) is 5.20. The maximum Gasteiger partial charge on any atom is 0.278 e. The van der Waals surface area contributed by atoms with Gasteiger partial charge in [0.2, 0.25) is 0 Å². The molecule has 0 aliphatic rings. The molecule has 0 saturated carbocycles. The first-order valence-corrected chi connectivity index (χ1v) is 12.6. The molecule has 0 fully saturated rings. The van der Waals surface area contributed by atoms with E-state index in [-0.39, 0.29) is 11.6 Å². The van der Waals surface area contributed by atoms with E-state index >= 15 is 0 Å². The lowest BCUT2D eigenvalue weighted by molar-refractivity contribution is 0.102. The van der Waals surface area contributed by atoms with Crippen molar-refractivity contribution in [2.24, 2.45) is 0 Å². The van der Waals surface area contributed by atoms with E-state index < -0.39 is 10.8 Å². The molecule has 1 atom stereocenters. The average molecular weight is 482 g/mol. The molecule has 174 valence electrons. The molecule has 2 heterocycles. The summed E-state index contributed by atoms with van der Waals surface area (Å²) in [6.07, 6.45) is 3.52. The fourth-order valence-electron chi connectivity index (χ4n) is 3.98. The summed E-state index contributed by atoms with van der Waals surface area (Å²) in [5.41, 5.74) is 4.26. The number of carbonyl (C=O) groups excluding carboxylic acids is 1. The zero-order valence-corrected chi connectivity index (χ0v) is 19.9. The molecule has 7 nitrogen and oxygen atoms in total. The van der Waals surface area contributed by atoms with Gasteiger partial charge in [-0.1, -0.05) is 59.8 Å². The van der Waals surface area contributed by atoms with Crippen molar-refractivity contribution in [1.82, 2.24) is 20.0 Å². The van der Waals surface area contributed by atoms with Gasteiger partial charge in [-0.05, 0) is 42.3 Å². The first-order valence-electron chi connectivity index (χ1n) is 11.1. The van der Waals surface area contributed by atoms with Crippen molar-refractivity contribution in [3.8, 4) is 5.69 Å². The Morgan fingerprint density at radius 3 is 2.57 bits per heavy atom. The highest BCUT2D eigenvalue weighted by atomic mass is 32.2. The molecule has 0 aliphatic heterocycles. The summed E-state index contributed by atoms with van der Waals surface area (Å²) in [7, 11) is -1.05. The lowest BCUT2D eigenvalue weighted by atomic mass is 10.1. The molecule has 0 radical (unpaired) electrons. The van der Waals surface area contributed by atoms with Crippen LogP contribution in [0.25, 0.3) is 16.5 Å². The third-order valence-electron chi connectivity index (χ3n) is 5.68. The summed E-state index contributed by atoms with van der Waals surface area (Å²) >= 11 is 0. The molecule has 0 bridgehead atoms. The topological polar surface area (TPSA) is 89.8 Å². The van der Waals surface area contributed by atoms with Gasteiger partial charge in [-0.25, -0.2) is 4.68 Å². The number of aromatic nitrogens is 4. The Balaban J connectivity index is 1.32. The number of carbonyl (C=O) groups is 1. The SMILES string of the molecule is Cc1c(C(=O)Nc2cccc(CS(=O)Cc3ccccc3)c2)nnn1-c1cccc2cnccc12. The summed E-state index contributed by atoms with van der Waals surface area (Å²) in [5, 5.41) is 13.2. The number of hydrogen-bond donors (Lipinski definition) is 1. The van der Waals surface area contributed by atoms with Crippen molar-refractivity contribution in [1.29, 1.82) is 0 Å². The van der Waals surface area contributed by atoms with Gasteiger partial charge in [0.15, 0.2) is 5.69 Å². The highest BCUT2D eigenvalue weighted by Gasteiger charge is 2.19. The Morgan fingerprint density at radius 1 is 0.943 bits per heavy atom. The number of rotatable bonds is 7.